The van der Waals surface area contributed by atoms with Crippen LogP contribution < -0.4 is 10.9 Å². The summed E-state index contributed by atoms with van der Waals surface area (Å²) in [5, 5.41) is 11.7. The fraction of sp³-hybridized carbons (Fsp3) is 0.429. The zero-order chi connectivity index (χ0) is 16.4. The van der Waals surface area contributed by atoms with Crippen LogP contribution in [-0.2, 0) is 16.0 Å². The number of H-pyrrole nitrogens is 1. The molecule has 0 unspecified atom stereocenters. The lowest BCUT2D eigenvalue weighted by Crippen LogP contribution is -2.38. The number of amides is 1. The van der Waals surface area contributed by atoms with Crippen LogP contribution in [0.15, 0.2) is 4.79 Å². The highest BCUT2D eigenvalue weighted by Gasteiger charge is 2.15. The summed E-state index contributed by atoms with van der Waals surface area (Å²) < 4.78 is 0. The van der Waals surface area contributed by atoms with E-state index in [4.69, 9.17) is 5.11 Å². The number of hydrogen-bond donors (Lipinski definition) is 3. The number of nitrogens with zero attached hydrogens (tertiary/aromatic N) is 1. The number of rotatable bonds is 5. The van der Waals surface area contributed by atoms with E-state index in [0.29, 0.717) is 16.0 Å². The number of aromatic amines is 1. The summed E-state index contributed by atoms with van der Waals surface area (Å²) >= 11 is 1.45. The van der Waals surface area contributed by atoms with Crippen molar-refractivity contribution in [3.8, 4) is 0 Å². The average molecular weight is 323 g/mol. The normalized spacial score (nSPS) is 12.3. The van der Waals surface area contributed by atoms with Gasteiger partial charge in [-0.05, 0) is 26.3 Å². The number of carbonyl (C=O) groups is 2. The van der Waals surface area contributed by atoms with Crippen molar-refractivity contribution < 1.29 is 14.7 Å². The van der Waals surface area contributed by atoms with Gasteiger partial charge >= 0.3 is 5.97 Å². The number of aryl methyl sites for hydroxylation is 3. The molecule has 0 aliphatic rings. The first kappa shape index (κ1) is 16.2. The van der Waals surface area contributed by atoms with Gasteiger partial charge in [-0.1, -0.05) is 0 Å². The van der Waals surface area contributed by atoms with Gasteiger partial charge in [0.2, 0.25) is 5.91 Å². The summed E-state index contributed by atoms with van der Waals surface area (Å²) in [5.41, 5.74) is 0.717. The number of aromatic nitrogens is 2. The highest BCUT2D eigenvalue weighted by Crippen LogP contribution is 2.25. The van der Waals surface area contributed by atoms with Gasteiger partial charge in [0, 0.05) is 17.7 Å². The van der Waals surface area contributed by atoms with Gasteiger partial charge in [-0.25, -0.2) is 4.98 Å². The van der Waals surface area contributed by atoms with E-state index < -0.39 is 17.9 Å². The summed E-state index contributed by atoms with van der Waals surface area (Å²) in [4.78, 5) is 43.1. The maximum Gasteiger partial charge on any atom is 0.325 e. The van der Waals surface area contributed by atoms with Crippen LogP contribution in [0.2, 0.25) is 0 Å². The van der Waals surface area contributed by atoms with Crippen LogP contribution in [0, 0.1) is 13.8 Å². The lowest BCUT2D eigenvalue weighted by atomic mass is 10.2. The second-order valence-electron chi connectivity index (χ2n) is 5.10. The van der Waals surface area contributed by atoms with E-state index >= 15 is 0 Å². The van der Waals surface area contributed by atoms with Crippen molar-refractivity contribution in [1.82, 2.24) is 15.3 Å². The van der Waals surface area contributed by atoms with Crippen molar-refractivity contribution in [3.63, 3.8) is 0 Å². The monoisotopic (exact) mass is 323 g/mol. The first-order valence-corrected chi connectivity index (χ1v) is 7.62. The molecule has 22 heavy (non-hydrogen) atoms. The summed E-state index contributed by atoms with van der Waals surface area (Å²) in [5.74, 6) is -1.06. The summed E-state index contributed by atoms with van der Waals surface area (Å²) in [6, 6.07) is -0.940. The van der Waals surface area contributed by atoms with E-state index in [2.05, 4.69) is 15.3 Å². The van der Waals surface area contributed by atoms with Crippen molar-refractivity contribution >= 4 is 33.4 Å². The molecular weight excluding hydrogens is 306 g/mol. The Morgan fingerprint density at radius 2 is 2.09 bits per heavy atom. The standard InChI is InChI=1S/C14H17N3O4S/c1-6-8(3)22-13-11(6)12(19)16-9(17-13)4-5-10(18)15-7(2)14(20)21/h7H,4-5H2,1-3H3,(H,15,18)(H,20,21)(H,16,17,19)/t7-/m1/s1. The summed E-state index contributed by atoms with van der Waals surface area (Å²) in [6.45, 7) is 5.20. The Hall–Kier alpha value is -2.22. The van der Waals surface area contributed by atoms with E-state index in [-0.39, 0.29) is 18.4 Å². The number of aliphatic carboxylic acids is 1. The average Bonchev–Trinajstić information content (AvgIpc) is 2.72. The topological polar surface area (TPSA) is 112 Å². The molecule has 1 atom stereocenters. The van der Waals surface area contributed by atoms with E-state index in [0.717, 1.165) is 10.4 Å². The Morgan fingerprint density at radius 1 is 1.41 bits per heavy atom. The maximum atomic E-state index is 12.1. The smallest absolute Gasteiger partial charge is 0.325 e. The van der Waals surface area contributed by atoms with Gasteiger partial charge in [0.05, 0.1) is 5.39 Å². The molecule has 0 saturated heterocycles. The van der Waals surface area contributed by atoms with Crippen LogP contribution in [0.1, 0.15) is 29.6 Å². The predicted octanol–water partition coefficient (Wildman–Crippen LogP) is 1.12. The number of thiophene rings is 1. The molecule has 118 valence electrons. The zero-order valence-corrected chi connectivity index (χ0v) is 13.3. The van der Waals surface area contributed by atoms with Gasteiger partial charge in [0.1, 0.15) is 16.7 Å². The Morgan fingerprint density at radius 3 is 2.73 bits per heavy atom. The van der Waals surface area contributed by atoms with E-state index in [9.17, 15) is 14.4 Å². The van der Waals surface area contributed by atoms with Crippen molar-refractivity contribution in [2.24, 2.45) is 0 Å². The van der Waals surface area contributed by atoms with Gasteiger partial charge in [-0.2, -0.15) is 0 Å². The second kappa shape index (κ2) is 6.27. The summed E-state index contributed by atoms with van der Waals surface area (Å²) in [6.07, 6.45) is 0.314. The fourth-order valence-electron chi connectivity index (χ4n) is 2.02. The number of carboxylic acid groups (broad SMARTS) is 1. The second-order valence-corrected chi connectivity index (χ2v) is 6.31. The van der Waals surface area contributed by atoms with Gasteiger partial charge in [0.15, 0.2) is 0 Å². The number of nitrogens with one attached hydrogen (secondary N) is 2. The predicted molar refractivity (Wildman–Crippen MR) is 83.3 cm³/mol. The molecule has 2 heterocycles. The molecule has 0 aliphatic carbocycles. The largest absolute Gasteiger partial charge is 0.480 e. The van der Waals surface area contributed by atoms with Crippen LogP contribution in [0.25, 0.3) is 10.2 Å². The molecule has 8 heteroatoms. The van der Waals surface area contributed by atoms with Gasteiger partial charge in [-0.15, -0.1) is 11.3 Å². The number of carbonyl (C=O) groups excluding carboxylic acids is 1. The maximum absolute atomic E-state index is 12.1. The highest BCUT2D eigenvalue weighted by atomic mass is 32.1. The minimum atomic E-state index is -1.09. The SMILES string of the molecule is Cc1sc2nc(CCC(=O)N[C@H](C)C(=O)O)[nH]c(=O)c2c1C. The Bertz CT molecular complexity index is 793. The Balaban J connectivity index is 2.11. The first-order chi connectivity index (χ1) is 10.3. The van der Waals surface area contributed by atoms with E-state index in [1.807, 2.05) is 13.8 Å². The van der Waals surface area contributed by atoms with Crippen molar-refractivity contribution in [1.29, 1.82) is 0 Å². The lowest BCUT2D eigenvalue weighted by Gasteiger charge is -2.08. The molecule has 2 aromatic rings. The van der Waals surface area contributed by atoms with Gasteiger partial charge < -0.3 is 15.4 Å². The third-order valence-corrected chi connectivity index (χ3v) is 4.53. The van der Waals surface area contributed by atoms with Crippen molar-refractivity contribution in [3.05, 3.63) is 26.6 Å². The van der Waals surface area contributed by atoms with Crippen LogP contribution in [0.4, 0.5) is 0 Å². The van der Waals surface area contributed by atoms with E-state index in [1.165, 1.54) is 18.3 Å². The Labute approximate surface area is 130 Å². The Kier molecular flexibility index (Phi) is 4.60. The molecule has 0 spiro atoms. The van der Waals surface area contributed by atoms with Crippen LogP contribution in [-0.4, -0.2) is 33.0 Å². The number of carboxylic acids is 1. The molecule has 0 aromatic carbocycles. The molecule has 0 saturated carbocycles. The molecule has 2 rings (SSSR count). The molecule has 0 radical (unpaired) electrons. The first-order valence-electron chi connectivity index (χ1n) is 6.80. The van der Waals surface area contributed by atoms with Crippen molar-refractivity contribution in [2.45, 2.75) is 39.7 Å². The molecule has 1 amide bonds. The van der Waals surface area contributed by atoms with E-state index in [1.54, 1.807) is 0 Å². The molecule has 0 bridgehead atoms. The molecule has 7 nitrogen and oxygen atoms in total. The molecule has 3 N–H and O–H groups in total. The van der Waals surface area contributed by atoms with Crippen LogP contribution in [0.5, 0.6) is 0 Å². The van der Waals surface area contributed by atoms with Crippen molar-refractivity contribution in [2.75, 3.05) is 0 Å². The molecular formula is C14H17N3O4S. The third-order valence-electron chi connectivity index (χ3n) is 3.42. The quantitative estimate of drug-likeness (QED) is 0.763. The lowest BCUT2D eigenvalue weighted by molar-refractivity contribution is -0.141. The minimum Gasteiger partial charge on any atom is -0.480 e. The van der Waals surface area contributed by atoms with Crippen LogP contribution in [0.3, 0.4) is 0 Å². The minimum absolute atomic E-state index is 0.0649. The van der Waals surface area contributed by atoms with Gasteiger partial charge in [-0.3, -0.25) is 14.4 Å². The number of fused-ring (bicyclic) bond motifs is 1. The number of hydrogen-bond acceptors (Lipinski definition) is 5. The molecule has 0 aliphatic heterocycles. The third kappa shape index (κ3) is 3.33. The highest BCUT2D eigenvalue weighted by molar-refractivity contribution is 7.18. The zero-order valence-electron chi connectivity index (χ0n) is 12.5. The van der Waals surface area contributed by atoms with Crippen LogP contribution >= 0.6 is 11.3 Å². The fourth-order valence-corrected chi connectivity index (χ4v) is 3.07. The molecule has 0 fully saturated rings. The summed E-state index contributed by atoms with van der Waals surface area (Å²) in [7, 11) is 0. The van der Waals surface area contributed by atoms with Gasteiger partial charge in [0.25, 0.3) is 5.56 Å². The molecule has 2 aromatic heterocycles.